The van der Waals surface area contributed by atoms with Crippen LogP contribution in [0.2, 0.25) is 0 Å². The molecule has 2 aromatic carbocycles. The molecule has 0 aliphatic heterocycles. The highest BCUT2D eigenvalue weighted by Crippen LogP contribution is 2.24. The van der Waals surface area contributed by atoms with Crippen LogP contribution in [0.3, 0.4) is 0 Å². The quantitative estimate of drug-likeness (QED) is 0.838. The number of halogens is 2. The Hall–Kier alpha value is -1.48. The lowest BCUT2D eigenvalue weighted by Gasteiger charge is -2.15. The monoisotopic (exact) mass is 221 g/mol. The van der Waals surface area contributed by atoms with Gasteiger partial charge < -0.3 is 5.32 Å². The van der Waals surface area contributed by atoms with Crippen molar-refractivity contribution < 1.29 is 8.78 Å². The number of hydrogen-bond acceptors (Lipinski definition) is 1. The number of fused-ring (bicyclic) bond motifs is 1. The van der Waals surface area contributed by atoms with Gasteiger partial charge in [-0.1, -0.05) is 36.4 Å². The maximum absolute atomic E-state index is 12.7. The molecule has 3 heteroatoms. The van der Waals surface area contributed by atoms with Gasteiger partial charge in [0.15, 0.2) is 0 Å². The highest BCUT2D eigenvalue weighted by molar-refractivity contribution is 5.83. The van der Waals surface area contributed by atoms with Gasteiger partial charge in [-0.05, 0) is 29.4 Å². The molecule has 84 valence electrons. The molecule has 16 heavy (non-hydrogen) atoms. The number of alkyl halides is 2. The maximum atomic E-state index is 12.7. The van der Waals surface area contributed by atoms with Crippen LogP contribution in [0.1, 0.15) is 11.6 Å². The van der Waals surface area contributed by atoms with Crippen LogP contribution in [0.15, 0.2) is 42.5 Å². The minimum absolute atomic E-state index is 0.621. The Morgan fingerprint density at radius 1 is 1.00 bits per heavy atom. The van der Waals surface area contributed by atoms with Crippen molar-refractivity contribution in [1.29, 1.82) is 0 Å². The van der Waals surface area contributed by atoms with Gasteiger partial charge in [-0.3, -0.25) is 0 Å². The van der Waals surface area contributed by atoms with Crippen LogP contribution in [0.5, 0.6) is 0 Å². The van der Waals surface area contributed by atoms with E-state index in [4.69, 9.17) is 0 Å². The van der Waals surface area contributed by atoms with E-state index in [1.165, 1.54) is 0 Å². The number of benzene rings is 2. The SMILES string of the molecule is CNC(c1ccc2ccccc2c1)C(F)F. The van der Waals surface area contributed by atoms with Crippen LogP contribution < -0.4 is 5.32 Å². The fourth-order valence-electron chi connectivity index (χ4n) is 1.84. The van der Waals surface area contributed by atoms with Crippen LogP contribution >= 0.6 is 0 Å². The van der Waals surface area contributed by atoms with Crippen LogP contribution in [-0.2, 0) is 0 Å². The molecule has 0 saturated carbocycles. The maximum Gasteiger partial charge on any atom is 0.257 e. The predicted octanol–water partition coefficient (Wildman–Crippen LogP) is 3.37. The minimum atomic E-state index is -2.40. The fraction of sp³-hybridized carbons (Fsp3) is 0.231. The smallest absolute Gasteiger partial charge is 0.257 e. The summed E-state index contributed by atoms with van der Waals surface area (Å²) in [6, 6.07) is 12.3. The van der Waals surface area contributed by atoms with Gasteiger partial charge in [-0.2, -0.15) is 0 Å². The van der Waals surface area contributed by atoms with E-state index < -0.39 is 12.5 Å². The molecule has 1 nitrogen and oxygen atoms in total. The Kier molecular flexibility index (Phi) is 3.15. The standard InChI is InChI=1S/C13H13F2N/c1-16-12(13(14)15)11-7-6-9-4-2-3-5-10(9)8-11/h2-8,12-13,16H,1H3. The molecule has 1 atom stereocenters. The Bertz CT molecular complexity index is 482. The number of rotatable bonds is 3. The predicted molar refractivity (Wildman–Crippen MR) is 61.8 cm³/mol. The third-order valence-corrected chi connectivity index (χ3v) is 2.70. The van der Waals surface area contributed by atoms with Gasteiger partial charge in [0, 0.05) is 0 Å². The van der Waals surface area contributed by atoms with Crippen molar-refractivity contribution in [2.24, 2.45) is 0 Å². The van der Waals surface area contributed by atoms with E-state index in [-0.39, 0.29) is 0 Å². The van der Waals surface area contributed by atoms with Crippen molar-refractivity contribution >= 4 is 10.8 Å². The second kappa shape index (κ2) is 4.58. The highest BCUT2D eigenvalue weighted by atomic mass is 19.3. The van der Waals surface area contributed by atoms with Gasteiger partial charge in [0.1, 0.15) is 0 Å². The molecule has 2 rings (SSSR count). The van der Waals surface area contributed by atoms with Gasteiger partial charge in [0.05, 0.1) is 6.04 Å². The molecule has 0 fully saturated rings. The van der Waals surface area contributed by atoms with Gasteiger partial charge in [-0.15, -0.1) is 0 Å². The Morgan fingerprint density at radius 2 is 1.69 bits per heavy atom. The summed E-state index contributed by atoms with van der Waals surface area (Å²) in [5, 5.41) is 4.68. The average Bonchev–Trinajstić information content (AvgIpc) is 2.29. The van der Waals surface area contributed by atoms with Crippen molar-refractivity contribution in [3.8, 4) is 0 Å². The molecular formula is C13H13F2N. The van der Waals surface area contributed by atoms with Crippen LogP contribution in [-0.4, -0.2) is 13.5 Å². The molecule has 1 unspecified atom stereocenters. The van der Waals surface area contributed by atoms with Gasteiger partial charge in [0.2, 0.25) is 0 Å². The molecule has 0 amide bonds. The molecule has 0 heterocycles. The van der Waals surface area contributed by atoms with Crippen LogP contribution in [0.4, 0.5) is 8.78 Å². The Morgan fingerprint density at radius 3 is 2.31 bits per heavy atom. The molecule has 2 aromatic rings. The van der Waals surface area contributed by atoms with E-state index in [0.29, 0.717) is 5.56 Å². The lowest BCUT2D eigenvalue weighted by molar-refractivity contribution is 0.102. The summed E-state index contributed by atoms with van der Waals surface area (Å²) < 4.78 is 25.4. The summed E-state index contributed by atoms with van der Waals surface area (Å²) >= 11 is 0. The molecule has 0 spiro atoms. The third kappa shape index (κ3) is 2.04. The van der Waals surface area contributed by atoms with Crippen LogP contribution in [0, 0.1) is 0 Å². The average molecular weight is 221 g/mol. The summed E-state index contributed by atoms with van der Waals surface area (Å²) in [5.74, 6) is 0. The zero-order valence-electron chi connectivity index (χ0n) is 8.95. The van der Waals surface area contributed by atoms with Crippen molar-refractivity contribution in [1.82, 2.24) is 5.32 Å². The van der Waals surface area contributed by atoms with Crippen molar-refractivity contribution in [2.75, 3.05) is 7.05 Å². The first-order valence-electron chi connectivity index (χ1n) is 5.16. The second-order valence-electron chi connectivity index (χ2n) is 3.71. The minimum Gasteiger partial charge on any atom is -0.308 e. The van der Waals surface area contributed by atoms with Gasteiger partial charge >= 0.3 is 0 Å². The zero-order chi connectivity index (χ0) is 11.5. The number of hydrogen-bond donors (Lipinski definition) is 1. The second-order valence-corrected chi connectivity index (χ2v) is 3.71. The van der Waals surface area contributed by atoms with Crippen molar-refractivity contribution in [3.63, 3.8) is 0 Å². The lowest BCUT2D eigenvalue weighted by Crippen LogP contribution is -2.23. The Balaban J connectivity index is 2.45. The summed E-state index contributed by atoms with van der Waals surface area (Å²) in [5.41, 5.74) is 0.621. The summed E-state index contributed by atoms with van der Waals surface area (Å²) in [6.07, 6.45) is -2.40. The van der Waals surface area contributed by atoms with E-state index in [1.54, 1.807) is 13.1 Å². The third-order valence-electron chi connectivity index (χ3n) is 2.70. The van der Waals surface area contributed by atoms with E-state index >= 15 is 0 Å². The molecule has 0 aliphatic rings. The Labute approximate surface area is 93.1 Å². The largest absolute Gasteiger partial charge is 0.308 e. The number of nitrogens with one attached hydrogen (secondary N) is 1. The molecule has 0 aliphatic carbocycles. The molecule has 0 bridgehead atoms. The van der Waals surface area contributed by atoms with E-state index in [1.807, 2.05) is 36.4 Å². The topological polar surface area (TPSA) is 12.0 Å². The summed E-state index contributed by atoms with van der Waals surface area (Å²) in [6.45, 7) is 0. The zero-order valence-corrected chi connectivity index (χ0v) is 8.95. The normalized spacial score (nSPS) is 13.2. The first kappa shape index (κ1) is 11.0. The van der Waals surface area contributed by atoms with E-state index in [2.05, 4.69) is 5.32 Å². The first-order valence-corrected chi connectivity index (χ1v) is 5.16. The molecule has 0 radical (unpaired) electrons. The van der Waals surface area contributed by atoms with Crippen molar-refractivity contribution in [2.45, 2.75) is 12.5 Å². The fourth-order valence-corrected chi connectivity index (χ4v) is 1.84. The lowest BCUT2D eigenvalue weighted by atomic mass is 10.0. The van der Waals surface area contributed by atoms with E-state index in [0.717, 1.165) is 10.8 Å². The molecule has 1 N–H and O–H groups in total. The molecule has 0 aromatic heterocycles. The van der Waals surface area contributed by atoms with Gasteiger partial charge in [-0.25, -0.2) is 8.78 Å². The molecular weight excluding hydrogens is 208 g/mol. The van der Waals surface area contributed by atoms with Crippen molar-refractivity contribution in [3.05, 3.63) is 48.0 Å². The molecule has 0 saturated heterocycles. The summed E-state index contributed by atoms with van der Waals surface area (Å²) in [4.78, 5) is 0. The summed E-state index contributed by atoms with van der Waals surface area (Å²) in [7, 11) is 1.55. The van der Waals surface area contributed by atoms with Crippen LogP contribution in [0.25, 0.3) is 10.8 Å². The van der Waals surface area contributed by atoms with E-state index in [9.17, 15) is 8.78 Å². The first-order chi connectivity index (χ1) is 7.72. The highest BCUT2D eigenvalue weighted by Gasteiger charge is 2.20. The van der Waals surface area contributed by atoms with Gasteiger partial charge in [0.25, 0.3) is 6.43 Å².